The van der Waals surface area contributed by atoms with Gasteiger partial charge in [-0.2, -0.15) is 0 Å². The van der Waals surface area contributed by atoms with Crippen molar-refractivity contribution in [3.63, 3.8) is 0 Å². The van der Waals surface area contributed by atoms with E-state index in [1.807, 2.05) is 27.7 Å². The fraction of sp³-hybridized carbons (Fsp3) is 0.739. The minimum Gasteiger partial charge on any atom is -0.354 e. The average Bonchev–Trinajstić information content (AvgIpc) is 2.70. The lowest BCUT2D eigenvalue weighted by atomic mass is 9.87. The van der Waals surface area contributed by atoms with Crippen LogP contribution in [-0.4, -0.2) is 45.8 Å². The fourth-order valence-corrected chi connectivity index (χ4v) is 4.73. The second-order valence-corrected chi connectivity index (χ2v) is 9.09. The molecule has 160 valence electrons. The van der Waals surface area contributed by atoms with Crippen LogP contribution >= 0.6 is 0 Å². The largest absolute Gasteiger partial charge is 0.354 e. The SMILES string of the molecule is Cc1nc(C2CCCN(C(=O)C3CCCCC3)C2)nc(C)c1CC(=O)NC(C)C. The molecule has 2 fully saturated rings. The molecule has 1 aromatic heterocycles. The Morgan fingerprint density at radius 3 is 2.31 bits per heavy atom. The predicted molar refractivity (Wildman–Crippen MR) is 114 cm³/mol. The number of rotatable bonds is 5. The van der Waals surface area contributed by atoms with Crippen LogP contribution in [0.1, 0.15) is 87.5 Å². The van der Waals surface area contributed by atoms with E-state index in [1.54, 1.807) is 0 Å². The van der Waals surface area contributed by atoms with Gasteiger partial charge in [0.2, 0.25) is 11.8 Å². The summed E-state index contributed by atoms with van der Waals surface area (Å²) < 4.78 is 0. The molecule has 1 atom stereocenters. The van der Waals surface area contributed by atoms with Crippen LogP contribution in [0, 0.1) is 19.8 Å². The highest BCUT2D eigenvalue weighted by Gasteiger charge is 2.31. The second kappa shape index (κ2) is 9.68. The maximum Gasteiger partial charge on any atom is 0.225 e. The van der Waals surface area contributed by atoms with Crippen LogP contribution in [-0.2, 0) is 16.0 Å². The summed E-state index contributed by atoms with van der Waals surface area (Å²) in [6, 6.07) is 0.123. The van der Waals surface area contributed by atoms with Gasteiger partial charge < -0.3 is 10.2 Å². The molecule has 1 saturated heterocycles. The van der Waals surface area contributed by atoms with E-state index in [1.165, 1.54) is 19.3 Å². The fourth-order valence-electron chi connectivity index (χ4n) is 4.73. The van der Waals surface area contributed by atoms with Crippen LogP contribution in [0.2, 0.25) is 0 Å². The molecule has 1 N–H and O–H groups in total. The minimum atomic E-state index is 0.00414. The van der Waals surface area contributed by atoms with E-state index < -0.39 is 0 Å². The molecule has 1 unspecified atom stereocenters. The lowest BCUT2D eigenvalue weighted by molar-refractivity contribution is -0.137. The van der Waals surface area contributed by atoms with Crippen LogP contribution in [0.25, 0.3) is 0 Å². The van der Waals surface area contributed by atoms with Crippen molar-refractivity contribution in [2.45, 2.75) is 91.0 Å². The van der Waals surface area contributed by atoms with Gasteiger partial charge in [-0.3, -0.25) is 9.59 Å². The van der Waals surface area contributed by atoms with E-state index in [2.05, 4.69) is 10.2 Å². The number of likely N-dealkylation sites (tertiary alicyclic amines) is 1. The van der Waals surface area contributed by atoms with E-state index >= 15 is 0 Å². The summed E-state index contributed by atoms with van der Waals surface area (Å²) in [5.74, 6) is 1.57. The molecule has 1 aliphatic carbocycles. The summed E-state index contributed by atoms with van der Waals surface area (Å²) in [6.07, 6.45) is 8.04. The van der Waals surface area contributed by atoms with Gasteiger partial charge in [-0.25, -0.2) is 9.97 Å². The van der Waals surface area contributed by atoms with E-state index in [0.717, 1.165) is 61.5 Å². The molecule has 6 heteroatoms. The lowest BCUT2D eigenvalue weighted by Crippen LogP contribution is -2.43. The average molecular weight is 401 g/mol. The van der Waals surface area contributed by atoms with Crippen molar-refractivity contribution in [2.75, 3.05) is 13.1 Å². The normalized spacial score (nSPS) is 20.7. The molecule has 1 aliphatic heterocycles. The highest BCUT2D eigenvalue weighted by atomic mass is 16.2. The van der Waals surface area contributed by atoms with Gasteiger partial charge in [-0.15, -0.1) is 0 Å². The maximum absolute atomic E-state index is 13.0. The van der Waals surface area contributed by atoms with E-state index in [9.17, 15) is 9.59 Å². The first kappa shape index (κ1) is 21.7. The van der Waals surface area contributed by atoms with Gasteiger partial charge in [0.05, 0.1) is 6.42 Å². The first-order chi connectivity index (χ1) is 13.8. The number of nitrogens with one attached hydrogen (secondary N) is 1. The Morgan fingerprint density at radius 1 is 1.03 bits per heavy atom. The molecule has 1 aromatic rings. The molecule has 0 radical (unpaired) electrons. The number of carbonyl (C=O) groups is 2. The standard InChI is InChI=1S/C23H36N4O2/c1-15(2)24-21(28)13-20-16(3)25-22(26-17(20)4)19-11-8-12-27(14-19)23(29)18-9-6-5-7-10-18/h15,18-19H,5-14H2,1-4H3,(H,24,28). The summed E-state index contributed by atoms with van der Waals surface area (Å²) in [5.41, 5.74) is 2.67. The molecule has 2 amide bonds. The zero-order chi connectivity index (χ0) is 21.0. The van der Waals surface area contributed by atoms with Crippen molar-refractivity contribution >= 4 is 11.8 Å². The number of aryl methyl sites for hydroxylation is 2. The molecular weight excluding hydrogens is 364 g/mol. The third-order valence-electron chi connectivity index (χ3n) is 6.28. The van der Waals surface area contributed by atoms with Crippen LogP contribution in [0.5, 0.6) is 0 Å². The van der Waals surface area contributed by atoms with Crippen molar-refractivity contribution in [1.82, 2.24) is 20.2 Å². The van der Waals surface area contributed by atoms with Crippen molar-refractivity contribution in [3.8, 4) is 0 Å². The van der Waals surface area contributed by atoms with Crippen LogP contribution in [0.15, 0.2) is 0 Å². The topological polar surface area (TPSA) is 75.2 Å². The quantitative estimate of drug-likeness (QED) is 0.821. The van der Waals surface area contributed by atoms with Gasteiger partial charge in [-0.05, 0) is 53.4 Å². The van der Waals surface area contributed by atoms with Gasteiger partial charge in [0.1, 0.15) is 5.82 Å². The third kappa shape index (κ3) is 5.55. The van der Waals surface area contributed by atoms with Gasteiger partial charge in [0, 0.05) is 47.9 Å². The predicted octanol–water partition coefficient (Wildman–Crippen LogP) is 3.45. The number of hydrogen-bond donors (Lipinski definition) is 1. The Bertz CT molecular complexity index is 717. The summed E-state index contributed by atoms with van der Waals surface area (Å²) >= 11 is 0. The highest BCUT2D eigenvalue weighted by molar-refractivity contribution is 5.79. The molecular formula is C23H36N4O2. The number of carbonyl (C=O) groups excluding carboxylic acids is 2. The number of nitrogens with zero attached hydrogens (tertiary/aromatic N) is 3. The monoisotopic (exact) mass is 400 g/mol. The first-order valence-electron chi connectivity index (χ1n) is 11.3. The van der Waals surface area contributed by atoms with Crippen molar-refractivity contribution in [2.24, 2.45) is 5.92 Å². The van der Waals surface area contributed by atoms with Crippen molar-refractivity contribution in [3.05, 3.63) is 22.8 Å². The molecule has 3 rings (SSSR count). The highest BCUT2D eigenvalue weighted by Crippen LogP contribution is 2.30. The smallest absolute Gasteiger partial charge is 0.225 e. The van der Waals surface area contributed by atoms with E-state index in [4.69, 9.17) is 9.97 Å². The lowest BCUT2D eigenvalue weighted by Gasteiger charge is -2.35. The van der Waals surface area contributed by atoms with E-state index in [0.29, 0.717) is 12.3 Å². The second-order valence-electron chi connectivity index (χ2n) is 9.09. The summed E-state index contributed by atoms with van der Waals surface area (Å²) in [7, 11) is 0. The molecule has 2 aliphatic rings. The number of aromatic nitrogens is 2. The number of piperidine rings is 1. The van der Waals surface area contributed by atoms with E-state index in [-0.39, 0.29) is 23.8 Å². The zero-order valence-electron chi connectivity index (χ0n) is 18.5. The Balaban J connectivity index is 1.69. The molecule has 1 saturated carbocycles. The third-order valence-corrected chi connectivity index (χ3v) is 6.28. The Labute approximate surface area is 174 Å². The van der Waals surface area contributed by atoms with Gasteiger partial charge in [-0.1, -0.05) is 19.3 Å². The Hall–Kier alpha value is -1.98. The maximum atomic E-state index is 13.0. The summed E-state index contributed by atoms with van der Waals surface area (Å²) in [4.78, 5) is 36.7. The molecule has 2 heterocycles. The van der Waals surface area contributed by atoms with Crippen LogP contribution in [0.4, 0.5) is 0 Å². The molecule has 0 spiro atoms. The van der Waals surface area contributed by atoms with Crippen molar-refractivity contribution < 1.29 is 9.59 Å². The van der Waals surface area contributed by atoms with Crippen LogP contribution in [0.3, 0.4) is 0 Å². The molecule has 6 nitrogen and oxygen atoms in total. The van der Waals surface area contributed by atoms with Crippen LogP contribution < -0.4 is 5.32 Å². The summed E-state index contributed by atoms with van der Waals surface area (Å²) in [6.45, 7) is 9.42. The summed E-state index contributed by atoms with van der Waals surface area (Å²) in [5, 5.41) is 2.93. The van der Waals surface area contributed by atoms with Crippen molar-refractivity contribution in [1.29, 1.82) is 0 Å². The minimum absolute atomic E-state index is 0.00414. The first-order valence-corrected chi connectivity index (χ1v) is 11.3. The zero-order valence-corrected chi connectivity index (χ0v) is 18.5. The molecule has 0 bridgehead atoms. The van der Waals surface area contributed by atoms with Gasteiger partial charge >= 0.3 is 0 Å². The molecule has 0 aromatic carbocycles. The number of amides is 2. The van der Waals surface area contributed by atoms with Gasteiger partial charge in [0.15, 0.2) is 0 Å². The molecule has 29 heavy (non-hydrogen) atoms. The number of hydrogen-bond acceptors (Lipinski definition) is 4. The van der Waals surface area contributed by atoms with Gasteiger partial charge in [0.25, 0.3) is 0 Å². The Morgan fingerprint density at radius 2 is 1.69 bits per heavy atom. The Kier molecular flexibility index (Phi) is 7.25.